The Bertz CT molecular complexity index is 615. The van der Waals surface area contributed by atoms with Crippen LogP contribution in [0.1, 0.15) is 55.4 Å². The molecule has 2 rings (SSSR count). The Morgan fingerprint density at radius 3 is 0.963 bits per heavy atom. The van der Waals surface area contributed by atoms with E-state index in [0.717, 1.165) is 39.6 Å². The fourth-order valence-corrected chi connectivity index (χ4v) is 48.1. The van der Waals surface area contributed by atoms with Gasteiger partial charge in [0.2, 0.25) is 0 Å². The van der Waals surface area contributed by atoms with Crippen LogP contribution < -0.4 is 10.6 Å². The quantitative estimate of drug-likeness (QED) is 0.282. The molecule has 0 fully saturated rings. The van der Waals surface area contributed by atoms with Gasteiger partial charge in [-0.2, -0.15) is 0 Å². The van der Waals surface area contributed by atoms with E-state index in [1.165, 1.54) is 0 Å². The second-order valence-corrected chi connectivity index (χ2v) is 29.4. The molecule has 2 aromatic rings. The van der Waals surface area contributed by atoms with Crippen molar-refractivity contribution in [1.82, 2.24) is 0 Å². The van der Waals surface area contributed by atoms with Gasteiger partial charge in [-0.1, -0.05) is 0 Å². The summed E-state index contributed by atoms with van der Waals surface area (Å²) in [5.74, 6) is 0. The molecule has 0 spiro atoms. The predicted octanol–water partition coefficient (Wildman–Crippen LogP) is 6.68. The summed E-state index contributed by atoms with van der Waals surface area (Å²) < 4.78 is 0. The molecule has 0 unspecified atom stereocenters. The third kappa shape index (κ3) is 4.44. The van der Waals surface area contributed by atoms with Crippen molar-refractivity contribution in [2.75, 3.05) is 0 Å². The SMILES string of the molecule is CC(C)[PH]([Pd][PH](c1ccccc1)(C(C)C)C(C)C)(c1ccccc1)C(C)C. The van der Waals surface area contributed by atoms with E-state index in [4.69, 9.17) is 0 Å². The van der Waals surface area contributed by atoms with Crippen molar-refractivity contribution in [3.05, 3.63) is 60.7 Å². The van der Waals surface area contributed by atoms with Crippen LogP contribution in [0.4, 0.5) is 0 Å². The molecule has 156 valence electrons. The zero-order valence-corrected chi connectivity index (χ0v) is 22.0. The van der Waals surface area contributed by atoms with E-state index in [2.05, 4.69) is 116 Å². The van der Waals surface area contributed by atoms with Gasteiger partial charge in [-0.05, 0) is 0 Å². The van der Waals surface area contributed by atoms with Crippen LogP contribution in [0.5, 0.6) is 0 Å². The van der Waals surface area contributed by atoms with Gasteiger partial charge >= 0.3 is 177 Å². The molecule has 0 bridgehead atoms. The zero-order chi connectivity index (χ0) is 20.2. The van der Waals surface area contributed by atoms with Gasteiger partial charge in [0.15, 0.2) is 0 Å². The first-order chi connectivity index (χ1) is 12.7. The Labute approximate surface area is 176 Å². The summed E-state index contributed by atoms with van der Waals surface area (Å²) in [6, 6.07) is 23.3. The van der Waals surface area contributed by atoms with E-state index in [1.54, 1.807) is 10.6 Å². The van der Waals surface area contributed by atoms with Crippen molar-refractivity contribution in [2.24, 2.45) is 0 Å². The van der Waals surface area contributed by atoms with Crippen molar-refractivity contribution >= 4 is 21.5 Å². The maximum atomic E-state index is 2.52. The molecule has 0 N–H and O–H groups in total. The number of hydrogen-bond acceptors (Lipinski definition) is 0. The summed E-state index contributed by atoms with van der Waals surface area (Å²) in [5, 5.41) is 3.39. The van der Waals surface area contributed by atoms with E-state index >= 15 is 0 Å². The van der Waals surface area contributed by atoms with Gasteiger partial charge in [0.1, 0.15) is 0 Å². The van der Waals surface area contributed by atoms with Crippen molar-refractivity contribution in [1.29, 1.82) is 0 Å². The first kappa shape index (κ1) is 23.2. The van der Waals surface area contributed by atoms with Crippen molar-refractivity contribution in [2.45, 2.75) is 78.0 Å². The number of rotatable bonds is 8. The Kier molecular flexibility index (Phi) is 8.30. The summed E-state index contributed by atoms with van der Waals surface area (Å²) in [5.41, 5.74) is -0.254. The van der Waals surface area contributed by atoms with Gasteiger partial charge in [0, 0.05) is 0 Å². The monoisotopic (exact) mass is 496 g/mol. The molecular formula is C24H40P2Pd. The van der Waals surface area contributed by atoms with Crippen LogP contribution in [-0.2, 0) is 17.0 Å². The van der Waals surface area contributed by atoms with Crippen LogP contribution in [0.15, 0.2) is 60.7 Å². The molecule has 0 atom stereocenters. The molecule has 0 nitrogen and oxygen atoms in total. The van der Waals surface area contributed by atoms with Crippen LogP contribution >= 0.6 is 10.9 Å². The van der Waals surface area contributed by atoms with Gasteiger partial charge < -0.3 is 0 Å². The van der Waals surface area contributed by atoms with Gasteiger partial charge in [0.25, 0.3) is 0 Å². The van der Waals surface area contributed by atoms with Crippen molar-refractivity contribution < 1.29 is 17.0 Å². The summed E-state index contributed by atoms with van der Waals surface area (Å²) >= 11 is 0.831. The number of hydrogen-bond donors (Lipinski definition) is 0. The van der Waals surface area contributed by atoms with E-state index in [9.17, 15) is 0 Å². The number of benzene rings is 2. The molecule has 0 aliphatic heterocycles. The molecule has 0 saturated heterocycles. The van der Waals surface area contributed by atoms with Gasteiger partial charge in [-0.3, -0.25) is 0 Å². The fraction of sp³-hybridized carbons (Fsp3) is 0.500. The molecule has 0 aliphatic rings. The molecule has 0 heterocycles. The van der Waals surface area contributed by atoms with E-state index < -0.39 is 10.9 Å². The minimum absolute atomic E-state index is 0.766. The van der Waals surface area contributed by atoms with Crippen LogP contribution in [0, 0.1) is 0 Å². The molecule has 3 heteroatoms. The van der Waals surface area contributed by atoms with Crippen LogP contribution in [0.3, 0.4) is 0 Å². The normalized spacial score (nSPS) is 14.5. The Morgan fingerprint density at radius 2 is 0.741 bits per heavy atom. The van der Waals surface area contributed by atoms with Gasteiger partial charge in [-0.15, -0.1) is 0 Å². The standard InChI is InChI=1S/2C12H19P.Pd/c2*1-10(2)13(11(3)4)12-8-6-5-7-9-12;/h2*5-11H,1-4H3;/q;;-2/p+2. The summed E-state index contributed by atoms with van der Waals surface area (Å²) in [7, 11) is 0. The van der Waals surface area contributed by atoms with Crippen LogP contribution in [0.2, 0.25) is 0 Å². The molecule has 0 aliphatic carbocycles. The molecule has 0 amide bonds. The van der Waals surface area contributed by atoms with E-state index in [1.807, 2.05) is 0 Å². The van der Waals surface area contributed by atoms with Crippen molar-refractivity contribution in [3.8, 4) is 0 Å². The first-order valence-corrected chi connectivity index (χ1v) is 19.0. The fourth-order valence-electron chi connectivity index (χ4n) is 4.71. The first-order valence-electron chi connectivity index (χ1n) is 10.4. The van der Waals surface area contributed by atoms with Crippen LogP contribution in [-0.4, -0.2) is 22.6 Å². The third-order valence-electron chi connectivity index (χ3n) is 5.88. The predicted molar refractivity (Wildman–Crippen MR) is 129 cm³/mol. The Hall–Kier alpha value is -0.0377. The molecule has 2 aromatic carbocycles. The molecule has 0 radical (unpaired) electrons. The molecule has 27 heavy (non-hydrogen) atoms. The van der Waals surface area contributed by atoms with Gasteiger partial charge in [-0.25, -0.2) is 0 Å². The summed E-state index contributed by atoms with van der Waals surface area (Å²) in [4.78, 5) is 0. The average Bonchev–Trinajstić information content (AvgIpc) is 2.63. The van der Waals surface area contributed by atoms with Gasteiger partial charge in [0.05, 0.1) is 0 Å². The second-order valence-electron chi connectivity index (χ2n) is 8.86. The van der Waals surface area contributed by atoms with E-state index in [-0.39, 0.29) is 0 Å². The van der Waals surface area contributed by atoms with E-state index in [0.29, 0.717) is 0 Å². The average molecular weight is 497 g/mol. The minimum atomic E-state index is -1.66. The third-order valence-corrected chi connectivity index (χ3v) is 41.8. The maximum absolute atomic E-state index is 2.52. The summed E-state index contributed by atoms with van der Waals surface area (Å²) in [6.45, 7) is 20.1. The zero-order valence-electron chi connectivity index (χ0n) is 18.4. The van der Waals surface area contributed by atoms with Crippen molar-refractivity contribution in [3.63, 3.8) is 0 Å². The Morgan fingerprint density at radius 1 is 0.481 bits per heavy atom. The molecule has 0 saturated carbocycles. The van der Waals surface area contributed by atoms with Crippen LogP contribution in [0.25, 0.3) is 0 Å². The topological polar surface area (TPSA) is 0 Å². The summed E-state index contributed by atoms with van der Waals surface area (Å²) in [6.07, 6.45) is 0. The molecule has 0 aromatic heterocycles. The molecular weight excluding hydrogens is 457 g/mol. The Balaban J connectivity index is 2.75. The second kappa shape index (κ2) is 9.64.